The fourth-order valence-electron chi connectivity index (χ4n) is 3.84. The summed E-state index contributed by atoms with van der Waals surface area (Å²) in [6.07, 6.45) is 2.48. The molecule has 0 saturated heterocycles. The number of benzene rings is 2. The lowest BCUT2D eigenvalue weighted by molar-refractivity contribution is -0.166. The van der Waals surface area contributed by atoms with Crippen molar-refractivity contribution in [2.45, 2.75) is 38.5 Å². The summed E-state index contributed by atoms with van der Waals surface area (Å²) in [7, 11) is 1.61. The van der Waals surface area contributed by atoms with Crippen LogP contribution < -0.4 is 10.1 Å². The van der Waals surface area contributed by atoms with E-state index in [0.717, 1.165) is 16.9 Å². The summed E-state index contributed by atoms with van der Waals surface area (Å²) in [5.74, 6) is 0.0442. The van der Waals surface area contributed by atoms with Crippen LogP contribution in [0.3, 0.4) is 0 Å². The maximum atomic E-state index is 13.1. The minimum Gasteiger partial charge on any atom is -0.497 e. The van der Waals surface area contributed by atoms with Crippen LogP contribution in [-0.4, -0.2) is 37.6 Å². The second-order valence-corrected chi connectivity index (χ2v) is 7.61. The van der Waals surface area contributed by atoms with Crippen LogP contribution in [0.15, 0.2) is 60.4 Å². The van der Waals surface area contributed by atoms with Gasteiger partial charge >= 0.3 is 0 Å². The number of rotatable bonds is 10. The quantitative estimate of drug-likeness (QED) is 0.583. The van der Waals surface area contributed by atoms with Crippen molar-refractivity contribution in [2.24, 2.45) is 5.92 Å². The predicted molar refractivity (Wildman–Crippen MR) is 118 cm³/mol. The molecule has 32 heavy (non-hydrogen) atoms. The molecule has 7 heteroatoms. The van der Waals surface area contributed by atoms with Crippen molar-refractivity contribution in [1.82, 2.24) is 5.32 Å². The molecule has 0 radical (unpaired) electrons. The molecule has 2 aromatic carbocycles. The van der Waals surface area contributed by atoms with Gasteiger partial charge in [-0.25, -0.2) is 4.39 Å². The second-order valence-electron chi connectivity index (χ2n) is 7.61. The van der Waals surface area contributed by atoms with Gasteiger partial charge in [0.05, 0.1) is 7.11 Å². The van der Waals surface area contributed by atoms with Gasteiger partial charge < -0.3 is 24.6 Å². The first kappa shape index (κ1) is 23.8. The van der Waals surface area contributed by atoms with Crippen LogP contribution >= 0.6 is 0 Å². The minimum atomic E-state index is -0.616. The van der Waals surface area contributed by atoms with E-state index in [1.54, 1.807) is 19.2 Å². The summed E-state index contributed by atoms with van der Waals surface area (Å²) >= 11 is 0. The number of methoxy groups -OCH3 is 1. The molecule has 172 valence electrons. The Morgan fingerprint density at radius 2 is 1.88 bits per heavy atom. The molecule has 1 amide bonds. The summed E-state index contributed by atoms with van der Waals surface area (Å²) < 4.78 is 30.2. The van der Waals surface area contributed by atoms with Crippen LogP contribution in [-0.2, 0) is 20.8 Å². The Morgan fingerprint density at radius 3 is 2.50 bits per heavy atom. The maximum Gasteiger partial charge on any atom is 0.286 e. The molecule has 0 spiro atoms. The molecular weight excluding hydrogens is 413 g/mol. The number of aliphatic hydroxyl groups is 1. The van der Waals surface area contributed by atoms with Crippen molar-refractivity contribution in [1.29, 1.82) is 0 Å². The molecule has 1 aliphatic rings. The Balaban J connectivity index is 1.84. The van der Waals surface area contributed by atoms with Crippen molar-refractivity contribution >= 4 is 5.91 Å². The number of aliphatic hydroxyl groups excluding tert-OH is 1. The SMILES string of the molecule is CCO[C@H]1OC(C(=O)NCc2ccc(F)cc2)=C[C@@H](c2ccc(OC)cc2)[C@H]1CCCO. The van der Waals surface area contributed by atoms with Crippen LogP contribution in [0, 0.1) is 11.7 Å². The molecule has 0 saturated carbocycles. The number of allylic oxidation sites excluding steroid dienone is 1. The van der Waals surface area contributed by atoms with Gasteiger partial charge in [-0.1, -0.05) is 24.3 Å². The van der Waals surface area contributed by atoms with E-state index in [1.165, 1.54) is 12.1 Å². The molecule has 0 unspecified atom stereocenters. The average molecular weight is 444 g/mol. The van der Waals surface area contributed by atoms with Crippen molar-refractivity contribution in [3.63, 3.8) is 0 Å². The van der Waals surface area contributed by atoms with E-state index < -0.39 is 6.29 Å². The van der Waals surface area contributed by atoms with Crippen LogP contribution in [0.4, 0.5) is 4.39 Å². The van der Waals surface area contributed by atoms with Crippen LogP contribution in [0.2, 0.25) is 0 Å². The van der Waals surface area contributed by atoms with Crippen LogP contribution in [0.5, 0.6) is 5.75 Å². The molecule has 6 nitrogen and oxygen atoms in total. The van der Waals surface area contributed by atoms with Gasteiger partial charge in [-0.2, -0.15) is 0 Å². The molecule has 2 aromatic rings. The lowest BCUT2D eigenvalue weighted by Crippen LogP contribution is -2.39. The highest BCUT2D eigenvalue weighted by atomic mass is 19.1. The normalized spacial score (nSPS) is 20.2. The highest BCUT2D eigenvalue weighted by Crippen LogP contribution is 2.39. The number of hydrogen-bond acceptors (Lipinski definition) is 5. The number of ether oxygens (including phenoxy) is 3. The molecule has 0 bridgehead atoms. The monoisotopic (exact) mass is 443 g/mol. The first-order chi connectivity index (χ1) is 15.5. The van der Waals surface area contributed by atoms with Crippen molar-refractivity contribution in [3.8, 4) is 5.75 Å². The third-order valence-electron chi connectivity index (χ3n) is 5.50. The van der Waals surface area contributed by atoms with Crippen LogP contribution in [0.1, 0.15) is 36.8 Å². The van der Waals surface area contributed by atoms with Gasteiger partial charge in [0.1, 0.15) is 11.6 Å². The van der Waals surface area contributed by atoms with E-state index in [0.29, 0.717) is 19.4 Å². The van der Waals surface area contributed by atoms with Gasteiger partial charge in [-0.05, 0) is 61.2 Å². The van der Waals surface area contributed by atoms with Gasteiger partial charge in [-0.3, -0.25) is 4.79 Å². The fourth-order valence-corrected chi connectivity index (χ4v) is 3.84. The largest absolute Gasteiger partial charge is 0.497 e. The summed E-state index contributed by atoms with van der Waals surface area (Å²) in [5.41, 5.74) is 1.79. The Labute approximate surface area is 188 Å². The zero-order chi connectivity index (χ0) is 22.9. The molecule has 0 aromatic heterocycles. The zero-order valence-electron chi connectivity index (χ0n) is 18.4. The van der Waals surface area contributed by atoms with Crippen molar-refractivity contribution in [3.05, 3.63) is 77.3 Å². The molecule has 3 rings (SSSR count). The van der Waals surface area contributed by atoms with E-state index in [4.69, 9.17) is 14.2 Å². The van der Waals surface area contributed by atoms with Gasteiger partial charge in [-0.15, -0.1) is 0 Å². The maximum absolute atomic E-state index is 13.1. The summed E-state index contributed by atoms with van der Waals surface area (Å²) in [4.78, 5) is 12.9. The van der Waals surface area contributed by atoms with Crippen LogP contribution in [0.25, 0.3) is 0 Å². The molecule has 2 N–H and O–H groups in total. The van der Waals surface area contributed by atoms with E-state index in [-0.39, 0.29) is 42.5 Å². The number of amides is 1. The zero-order valence-corrected chi connectivity index (χ0v) is 18.4. The molecule has 1 aliphatic heterocycles. The van der Waals surface area contributed by atoms with Gasteiger partial charge in [0.2, 0.25) is 6.29 Å². The van der Waals surface area contributed by atoms with E-state index in [9.17, 15) is 14.3 Å². The minimum absolute atomic E-state index is 0.0656. The lowest BCUT2D eigenvalue weighted by atomic mass is 9.80. The lowest BCUT2D eigenvalue weighted by Gasteiger charge is -2.37. The Kier molecular flexibility index (Phi) is 8.64. The average Bonchev–Trinajstić information content (AvgIpc) is 2.82. The van der Waals surface area contributed by atoms with Crippen molar-refractivity contribution in [2.75, 3.05) is 20.3 Å². The topological polar surface area (TPSA) is 77.0 Å². The van der Waals surface area contributed by atoms with Gasteiger partial charge in [0.25, 0.3) is 5.91 Å². The Bertz CT molecular complexity index is 898. The number of carbonyl (C=O) groups is 1. The van der Waals surface area contributed by atoms with Gasteiger partial charge in [0.15, 0.2) is 5.76 Å². The molecule has 0 aliphatic carbocycles. The molecular formula is C25H30FNO5. The standard InChI is InChI=1S/C25H30FNO5/c1-3-31-25-21(5-4-14-28)22(18-8-12-20(30-2)13-9-18)15-23(32-25)24(29)27-16-17-6-10-19(26)11-7-17/h6-13,15,21-22,25,28H,3-5,14,16H2,1-2H3,(H,27,29)/t21-,22+,25+/m1/s1. The first-order valence-corrected chi connectivity index (χ1v) is 10.8. The smallest absolute Gasteiger partial charge is 0.286 e. The molecule has 3 atom stereocenters. The van der Waals surface area contributed by atoms with E-state index in [2.05, 4.69) is 5.32 Å². The van der Waals surface area contributed by atoms with Gasteiger partial charge in [0, 0.05) is 31.6 Å². The van der Waals surface area contributed by atoms with E-state index >= 15 is 0 Å². The summed E-state index contributed by atoms with van der Waals surface area (Å²) in [5, 5.41) is 12.2. The highest BCUT2D eigenvalue weighted by Gasteiger charge is 2.37. The number of halogens is 1. The second kappa shape index (κ2) is 11.6. The number of carbonyl (C=O) groups excluding carboxylic acids is 1. The fraction of sp³-hybridized carbons (Fsp3) is 0.400. The number of nitrogens with one attached hydrogen (secondary N) is 1. The third-order valence-corrected chi connectivity index (χ3v) is 5.50. The Hall–Kier alpha value is -2.90. The molecule has 1 heterocycles. The third kappa shape index (κ3) is 6.08. The summed E-state index contributed by atoms with van der Waals surface area (Å²) in [6.45, 7) is 2.63. The highest BCUT2D eigenvalue weighted by molar-refractivity contribution is 5.91. The molecule has 0 fully saturated rings. The summed E-state index contributed by atoms with van der Waals surface area (Å²) in [6, 6.07) is 13.7. The van der Waals surface area contributed by atoms with E-state index in [1.807, 2.05) is 37.3 Å². The number of hydrogen-bond donors (Lipinski definition) is 2. The predicted octanol–water partition coefficient (Wildman–Crippen LogP) is 3.90. The first-order valence-electron chi connectivity index (χ1n) is 10.8. The van der Waals surface area contributed by atoms with Crippen molar-refractivity contribution < 1.29 is 28.5 Å². The Morgan fingerprint density at radius 1 is 1.16 bits per heavy atom.